The molecule has 0 heterocycles. The Morgan fingerprint density at radius 2 is 1.94 bits per heavy atom. The van der Waals surface area contributed by atoms with Gasteiger partial charge in [0, 0.05) is 7.05 Å². The van der Waals surface area contributed by atoms with Crippen molar-refractivity contribution in [3.05, 3.63) is 28.8 Å². The number of nitrogens with one attached hydrogen (secondary N) is 1. The van der Waals surface area contributed by atoms with E-state index in [1.165, 1.54) is 7.11 Å². The number of hydrogen-bond donors (Lipinski definition) is 3. The lowest BCUT2D eigenvalue weighted by molar-refractivity contribution is 0.197. The van der Waals surface area contributed by atoms with Gasteiger partial charge in [0.05, 0.1) is 18.1 Å². The smallest absolute Gasteiger partial charge is 0.0785 e. The van der Waals surface area contributed by atoms with Crippen molar-refractivity contribution in [2.24, 2.45) is 0 Å². The first-order chi connectivity index (χ1) is 7.87. The molecular weight excluding hydrogens is 238 g/mol. The average molecular weight is 259 g/mol. The van der Waals surface area contributed by atoms with Crippen LogP contribution in [0.4, 0.5) is 0 Å². The topological polar surface area (TPSA) is 61.7 Å². The van der Waals surface area contributed by atoms with E-state index in [-0.39, 0.29) is 0 Å². The molecule has 0 saturated carbocycles. The third-order valence-corrected chi connectivity index (χ3v) is 4.99. The highest BCUT2D eigenvalue weighted by Gasteiger charge is 2.22. The monoisotopic (exact) mass is 259 g/mol. The van der Waals surface area contributed by atoms with Gasteiger partial charge in [-0.25, -0.2) is 4.72 Å². The lowest BCUT2D eigenvalue weighted by Gasteiger charge is -2.37. The summed E-state index contributed by atoms with van der Waals surface area (Å²) < 4.78 is 18.3. The van der Waals surface area contributed by atoms with E-state index in [9.17, 15) is 9.66 Å². The number of rotatable bonds is 4. The minimum absolute atomic E-state index is 0.563. The van der Waals surface area contributed by atoms with Crippen molar-refractivity contribution in [1.82, 2.24) is 4.72 Å². The van der Waals surface area contributed by atoms with Crippen LogP contribution in [0.1, 0.15) is 29.7 Å². The third kappa shape index (κ3) is 2.64. The predicted octanol–water partition coefficient (Wildman–Crippen LogP) is 2.69. The molecule has 0 fully saturated rings. The molecule has 0 amide bonds. The molecule has 5 heteroatoms. The quantitative estimate of drug-likeness (QED) is 0.778. The number of aliphatic hydroxyl groups excluding tert-OH is 1. The van der Waals surface area contributed by atoms with Crippen LogP contribution >= 0.6 is 10.8 Å². The minimum atomic E-state index is -2.46. The normalized spacial score (nSPS) is 18.5. The van der Waals surface area contributed by atoms with Crippen molar-refractivity contribution >= 4 is 10.8 Å². The zero-order valence-corrected chi connectivity index (χ0v) is 11.8. The molecule has 0 aromatic heterocycles. The molecule has 2 atom stereocenters. The van der Waals surface area contributed by atoms with Gasteiger partial charge in [0.25, 0.3) is 0 Å². The maximum atomic E-state index is 10.3. The first-order valence-electron chi connectivity index (χ1n) is 5.45. The van der Waals surface area contributed by atoms with Crippen LogP contribution < -0.4 is 4.72 Å². The Kier molecular flexibility index (Phi) is 4.57. The maximum absolute atomic E-state index is 10.3. The van der Waals surface area contributed by atoms with Gasteiger partial charge < -0.3 is 5.11 Å². The molecule has 0 aliphatic rings. The summed E-state index contributed by atoms with van der Waals surface area (Å²) in [4.78, 5) is 0.698. The Morgan fingerprint density at radius 1 is 1.35 bits per heavy atom. The summed E-state index contributed by atoms with van der Waals surface area (Å²) in [6.45, 7) is 5.55. The highest BCUT2D eigenvalue weighted by atomic mass is 32.3. The van der Waals surface area contributed by atoms with Gasteiger partial charge >= 0.3 is 0 Å². The van der Waals surface area contributed by atoms with E-state index >= 15 is 0 Å². The number of aryl methyl sites for hydroxylation is 1. The molecule has 1 rings (SSSR count). The third-order valence-electron chi connectivity index (χ3n) is 2.92. The first-order valence-corrected chi connectivity index (χ1v) is 6.97. The van der Waals surface area contributed by atoms with Crippen LogP contribution in [0.2, 0.25) is 0 Å². The average Bonchev–Trinajstić information content (AvgIpc) is 2.27. The van der Waals surface area contributed by atoms with Crippen molar-refractivity contribution in [3.8, 4) is 0 Å². The Labute approximate surface area is 104 Å². The summed E-state index contributed by atoms with van der Waals surface area (Å²) >= 11 is 0. The second-order valence-corrected chi connectivity index (χ2v) is 6.22. The van der Waals surface area contributed by atoms with E-state index < -0.39 is 16.9 Å². The fraction of sp³-hybridized carbons (Fsp3) is 0.500. The highest BCUT2D eigenvalue weighted by Crippen LogP contribution is 2.50. The van der Waals surface area contributed by atoms with E-state index in [0.717, 1.165) is 16.7 Å². The minimum Gasteiger partial charge on any atom is -0.389 e. The molecule has 0 radical (unpaired) electrons. The van der Waals surface area contributed by atoms with Gasteiger partial charge in [0.1, 0.15) is 0 Å². The van der Waals surface area contributed by atoms with Crippen molar-refractivity contribution in [2.75, 3.05) is 14.2 Å². The van der Waals surface area contributed by atoms with Crippen LogP contribution in [0.15, 0.2) is 17.0 Å². The summed E-state index contributed by atoms with van der Waals surface area (Å²) in [6.07, 6.45) is -0.563. The second-order valence-electron chi connectivity index (χ2n) is 3.99. The molecule has 1 aromatic carbocycles. The molecule has 1 aromatic rings. The summed E-state index contributed by atoms with van der Waals surface area (Å²) in [5.74, 6) is 0. The predicted molar refractivity (Wildman–Crippen MR) is 71.1 cm³/mol. The van der Waals surface area contributed by atoms with Crippen LogP contribution in [0.3, 0.4) is 0 Å². The highest BCUT2D eigenvalue weighted by molar-refractivity contribution is 8.23. The van der Waals surface area contributed by atoms with Crippen LogP contribution in [-0.2, 0) is 4.18 Å². The fourth-order valence-corrected chi connectivity index (χ4v) is 3.41. The molecule has 3 N–H and O–H groups in total. The Hall–Kier alpha value is -0.590. The van der Waals surface area contributed by atoms with Crippen molar-refractivity contribution in [3.63, 3.8) is 0 Å². The summed E-state index contributed by atoms with van der Waals surface area (Å²) in [5, 5.41) is 9.79. The van der Waals surface area contributed by atoms with Crippen LogP contribution in [0, 0.1) is 13.8 Å². The zero-order chi connectivity index (χ0) is 13.2. The number of hydrogen-bond acceptors (Lipinski definition) is 4. The maximum Gasteiger partial charge on any atom is 0.0785 e. The molecular formula is C12H21NO3S. The molecule has 0 spiro atoms. The molecule has 0 aliphatic heterocycles. The van der Waals surface area contributed by atoms with E-state index in [2.05, 4.69) is 4.72 Å². The van der Waals surface area contributed by atoms with Crippen LogP contribution in [0.5, 0.6) is 0 Å². The van der Waals surface area contributed by atoms with Gasteiger partial charge in [-0.15, -0.1) is 10.8 Å². The van der Waals surface area contributed by atoms with E-state index in [1.807, 2.05) is 26.0 Å². The van der Waals surface area contributed by atoms with E-state index in [0.29, 0.717) is 4.90 Å². The van der Waals surface area contributed by atoms with E-state index in [4.69, 9.17) is 4.18 Å². The van der Waals surface area contributed by atoms with Gasteiger partial charge in [-0.2, -0.15) is 0 Å². The molecule has 4 nitrogen and oxygen atoms in total. The lowest BCUT2D eigenvalue weighted by Crippen LogP contribution is -2.19. The van der Waals surface area contributed by atoms with E-state index in [1.54, 1.807) is 14.0 Å². The van der Waals surface area contributed by atoms with Gasteiger partial charge in [0.15, 0.2) is 0 Å². The fourth-order valence-electron chi connectivity index (χ4n) is 2.07. The van der Waals surface area contributed by atoms with Crippen LogP contribution in [0.25, 0.3) is 0 Å². The standard InChI is InChI=1S/C12H21NO3S/c1-8-6-7-11(17(15,13-4)16-5)9(2)12(8)10(3)14/h6-7,10,13-15H,1-5H3. The SMILES string of the molecule is CNS(O)(OC)c1ccc(C)c(C(C)O)c1C. The van der Waals surface area contributed by atoms with Crippen LogP contribution in [-0.4, -0.2) is 23.8 Å². The Balaban J connectivity index is 3.42. The Morgan fingerprint density at radius 3 is 2.35 bits per heavy atom. The number of benzene rings is 1. The van der Waals surface area contributed by atoms with Gasteiger partial charge in [-0.05, 0) is 43.5 Å². The molecule has 17 heavy (non-hydrogen) atoms. The molecule has 0 saturated heterocycles. The summed E-state index contributed by atoms with van der Waals surface area (Å²) in [7, 11) is 0.660. The first kappa shape index (κ1) is 14.5. The van der Waals surface area contributed by atoms with Crippen molar-refractivity contribution < 1.29 is 13.8 Å². The summed E-state index contributed by atoms with van der Waals surface area (Å²) in [6, 6.07) is 3.73. The molecule has 0 aliphatic carbocycles. The molecule has 98 valence electrons. The zero-order valence-electron chi connectivity index (χ0n) is 10.9. The van der Waals surface area contributed by atoms with Gasteiger partial charge in [-0.1, -0.05) is 6.07 Å². The molecule has 0 bridgehead atoms. The number of aliphatic hydroxyl groups is 1. The largest absolute Gasteiger partial charge is 0.389 e. The second kappa shape index (κ2) is 5.37. The van der Waals surface area contributed by atoms with Crippen molar-refractivity contribution in [2.45, 2.75) is 31.8 Å². The summed E-state index contributed by atoms with van der Waals surface area (Å²) in [5.41, 5.74) is 2.73. The Bertz CT molecular complexity index is 403. The van der Waals surface area contributed by atoms with Gasteiger partial charge in [-0.3, -0.25) is 8.74 Å². The lowest BCUT2D eigenvalue weighted by atomic mass is 9.99. The van der Waals surface area contributed by atoms with Crippen molar-refractivity contribution in [1.29, 1.82) is 0 Å². The van der Waals surface area contributed by atoms with Gasteiger partial charge in [0.2, 0.25) is 0 Å². The molecule has 2 unspecified atom stereocenters.